The van der Waals surface area contributed by atoms with Gasteiger partial charge in [0.05, 0.1) is 57.7 Å². The van der Waals surface area contributed by atoms with Crippen molar-refractivity contribution in [1.82, 2.24) is 14.7 Å². The van der Waals surface area contributed by atoms with Crippen LogP contribution in [0.4, 0.5) is 24.5 Å². The van der Waals surface area contributed by atoms with Crippen LogP contribution in [0, 0.1) is 6.92 Å². The highest BCUT2D eigenvalue weighted by molar-refractivity contribution is 6.39. The molecular weight excluding hydrogens is 554 g/mol. The lowest BCUT2D eigenvalue weighted by atomic mass is 10.0. The van der Waals surface area contributed by atoms with Crippen LogP contribution in [0.15, 0.2) is 42.6 Å². The first-order chi connectivity index (χ1) is 18.6. The minimum absolute atomic E-state index is 0.274. The number of amides is 1. The number of rotatable bonds is 5. The van der Waals surface area contributed by atoms with Crippen molar-refractivity contribution in [2.24, 2.45) is 0 Å². The number of carbonyl (C=O) groups is 1. The molecule has 1 amide bonds. The van der Waals surface area contributed by atoms with Gasteiger partial charge in [-0.2, -0.15) is 18.3 Å². The van der Waals surface area contributed by atoms with E-state index in [9.17, 15) is 18.0 Å². The van der Waals surface area contributed by atoms with Crippen molar-refractivity contribution < 1.29 is 22.7 Å². The Balaban J connectivity index is 1.26. The van der Waals surface area contributed by atoms with E-state index < -0.39 is 17.6 Å². The fourth-order valence-electron chi connectivity index (χ4n) is 5.22. The van der Waals surface area contributed by atoms with Crippen LogP contribution in [0.2, 0.25) is 10.0 Å². The minimum atomic E-state index is -4.43. The highest BCUT2D eigenvalue weighted by atomic mass is 35.5. The van der Waals surface area contributed by atoms with Crippen molar-refractivity contribution >= 4 is 40.5 Å². The van der Waals surface area contributed by atoms with Gasteiger partial charge in [0.15, 0.2) is 0 Å². The van der Waals surface area contributed by atoms with Gasteiger partial charge in [0.1, 0.15) is 0 Å². The Morgan fingerprint density at radius 3 is 2.23 bits per heavy atom. The number of hydrogen-bond acceptors (Lipinski definition) is 5. The molecule has 0 saturated carbocycles. The Labute approximate surface area is 234 Å². The van der Waals surface area contributed by atoms with E-state index >= 15 is 0 Å². The summed E-state index contributed by atoms with van der Waals surface area (Å²) in [4.78, 5) is 17.7. The molecule has 1 aromatic heterocycles. The number of benzene rings is 2. The minimum Gasteiger partial charge on any atom is -0.379 e. The molecule has 2 aliphatic heterocycles. The Kier molecular flexibility index (Phi) is 8.09. The van der Waals surface area contributed by atoms with Crippen LogP contribution in [0.1, 0.15) is 34.5 Å². The topological polar surface area (TPSA) is 62.6 Å². The lowest BCUT2D eigenvalue weighted by molar-refractivity contribution is -0.137. The van der Waals surface area contributed by atoms with E-state index in [0.717, 1.165) is 70.1 Å². The van der Waals surface area contributed by atoms with Gasteiger partial charge in [0.25, 0.3) is 5.91 Å². The first-order valence-electron chi connectivity index (χ1n) is 12.7. The molecule has 0 radical (unpaired) electrons. The van der Waals surface area contributed by atoms with Crippen molar-refractivity contribution in [3.63, 3.8) is 0 Å². The van der Waals surface area contributed by atoms with Gasteiger partial charge in [-0.1, -0.05) is 23.2 Å². The molecule has 2 aliphatic rings. The molecule has 0 unspecified atom stereocenters. The summed E-state index contributed by atoms with van der Waals surface area (Å²) in [6, 6.07) is 8.45. The van der Waals surface area contributed by atoms with Crippen LogP contribution in [0.25, 0.3) is 5.69 Å². The van der Waals surface area contributed by atoms with E-state index in [1.807, 2.05) is 0 Å². The molecule has 2 fully saturated rings. The molecule has 2 saturated heterocycles. The molecule has 12 heteroatoms. The number of anilines is 2. The molecule has 7 nitrogen and oxygen atoms in total. The third-order valence-electron chi connectivity index (χ3n) is 7.31. The van der Waals surface area contributed by atoms with E-state index in [1.54, 1.807) is 19.1 Å². The van der Waals surface area contributed by atoms with Crippen molar-refractivity contribution in [3.8, 4) is 5.69 Å². The smallest absolute Gasteiger partial charge is 0.379 e. The lowest BCUT2D eigenvalue weighted by Gasteiger charge is -2.41. The monoisotopic (exact) mass is 581 g/mol. The average Bonchev–Trinajstić information content (AvgIpc) is 3.30. The Morgan fingerprint density at radius 1 is 1.03 bits per heavy atom. The summed E-state index contributed by atoms with van der Waals surface area (Å²) in [5.74, 6) is -0.433. The zero-order valence-corrected chi connectivity index (χ0v) is 22.8. The maximum Gasteiger partial charge on any atom is 0.416 e. The molecule has 0 aliphatic carbocycles. The van der Waals surface area contributed by atoms with Crippen LogP contribution in [-0.4, -0.2) is 66.0 Å². The van der Waals surface area contributed by atoms with Gasteiger partial charge < -0.3 is 15.0 Å². The number of aromatic nitrogens is 2. The second-order valence-corrected chi connectivity index (χ2v) is 10.5. The molecule has 0 bridgehead atoms. The van der Waals surface area contributed by atoms with E-state index in [-0.39, 0.29) is 5.56 Å². The zero-order valence-electron chi connectivity index (χ0n) is 21.3. The summed E-state index contributed by atoms with van der Waals surface area (Å²) in [5, 5.41) is 7.89. The van der Waals surface area contributed by atoms with Gasteiger partial charge in [-0.15, -0.1) is 0 Å². The number of ether oxygens (including phenoxy) is 1. The van der Waals surface area contributed by atoms with Gasteiger partial charge in [-0.05, 0) is 56.2 Å². The number of piperidine rings is 1. The highest BCUT2D eigenvalue weighted by Gasteiger charge is 2.30. The van der Waals surface area contributed by atoms with Crippen LogP contribution >= 0.6 is 23.2 Å². The maximum atomic E-state index is 13.0. The van der Waals surface area contributed by atoms with Gasteiger partial charge in [-0.25, -0.2) is 4.68 Å². The molecule has 2 aromatic carbocycles. The summed E-state index contributed by atoms with van der Waals surface area (Å²) < 4.78 is 45.5. The third kappa shape index (κ3) is 6.04. The first kappa shape index (κ1) is 27.8. The van der Waals surface area contributed by atoms with Crippen LogP contribution in [0.5, 0.6) is 0 Å². The SMILES string of the molecule is Cc1c(C(=O)Nc2cc(Cl)c(N3CCC(N4CCOCC4)CC3)c(Cl)c2)cnn1-c1ccc(C(F)(F)F)cc1. The van der Waals surface area contributed by atoms with E-state index in [0.29, 0.717) is 33.2 Å². The van der Waals surface area contributed by atoms with Gasteiger partial charge in [-0.3, -0.25) is 9.69 Å². The molecule has 0 spiro atoms. The number of nitrogens with zero attached hydrogens (tertiary/aromatic N) is 4. The predicted molar refractivity (Wildman–Crippen MR) is 145 cm³/mol. The second-order valence-electron chi connectivity index (χ2n) is 9.71. The Bertz CT molecular complexity index is 1310. The van der Waals surface area contributed by atoms with Gasteiger partial charge in [0.2, 0.25) is 0 Å². The van der Waals surface area contributed by atoms with Gasteiger partial charge >= 0.3 is 6.18 Å². The molecule has 3 heterocycles. The standard InChI is InChI=1S/C27H28Cl2F3N5O2/c1-17-22(16-33-37(17)21-4-2-18(3-5-21)27(30,31)32)26(38)34-19-14-23(28)25(24(29)15-19)36-8-6-20(7-9-36)35-10-12-39-13-11-35/h2-5,14-16,20H,6-13H2,1H3,(H,34,38). The van der Waals surface area contributed by atoms with Crippen LogP contribution in [0.3, 0.4) is 0 Å². The lowest BCUT2D eigenvalue weighted by Crippen LogP contribution is -2.49. The molecule has 208 valence electrons. The number of nitrogens with one attached hydrogen (secondary N) is 1. The van der Waals surface area contributed by atoms with Crippen molar-refractivity contribution in [3.05, 3.63) is 69.5 Å². The fourth-order valence-corrected chi connectivity index (χ4v) is 5.95. The van der Waals surface area contributed by atoms with E-state index in [2.05, 4.69) is 20.2 Å². The van der Waals surface area contributed by atoms with Crippen LogP contribution < -0.4 is 10.2 Å². The summed E-state index contributed by atoms with van der Waals surface area (Å²) in [5.41, 5.74) is 1.59. The average molecular weight is 582 g/mol. The molecule has 5 rings (SSSR count). The summed E-state index contributed by atoms with van der Waals surface area (Å²) in [6.45, 7) is 6.81. The zero-order chi connectivity index (χ0) is 27.7. The molecule has 0 atom stereocenters. The second kappa shape index (κ2) is 11.4. The first-order valence-corrected chi connectivity index (χ1v) is 13.5. The highest BCUT2D eigenvalue weighted by Crippen LogP contribution is 2.38. The van der Waals surface area contributed by atoms with E-state index in [1.165, 1.54) is 23.0 Å². The summed E-state index contributed by atoms with van der Waals surface area (Å²) in [6.07, 6.45) is -1.04. The number of alkyl halides is 3. The Hall–Kier alpha value is -2.79. The number of hydrogen-bond donors (Lipinski definition) is 1. The van der Waals surface area contributed by atoms with Crippen molar-refractivity contribution in [2.75, 3.05) is 49.6 Å². The largest absolute Gasteiger partial charge is 0.416 e. The summed E-state index contributed by atoms with van der Waals surface area (Å²) >= 11 is 13.3. The normalized spacial score (nSPS) is 17.4. The van der Waals surface area contributed by atoms with Crippen molar-refractivity contribution in [2.45, 2.75) is 32.0 Å². The van der Waals surface area contributed by atoms with Crippen molar-refractivity contribution in [1.29, 1.82) is 0 Å². The van der Waals surface area contributed by atoms with Crippen LogP contribution in [-0.2, 0) is 10.9 Å². The van der Waals surface area contributed by atoms with E-state index in [4.69, 9.17) is 27.9 Å². The molecule has 3 aromatic rings. The molecule has 1 N–H and O–H groups in total. The van der Waals surface area contributed by atoms with Gasteiger partial charge in [0, 0.05) is 37.9 Å². The number of halogens is 5. The predicted octanol–water partition coefficient (Wildman–Crippen LogP) is 6.06. The number of morpholine rings is 1. The third-order valence-corrected chi connectivity index (χ3v) is 7.89. The molecular formula is C27H28Cl2F3N5O2. The molecule has 39 heavy (non-hydrogen) atoms. The fraction of sp³-hybridized carbons (Fsp3) is 0.407. The number of carbonyl (C=O) groups excluding carboxylic acids is 1. The quantitative estimate of drug-likeness (QED) is 0.397. The maximum absolute atomic E-state index is 13.0. The Morgan fingerprint density at radius 2 is 1.64 bits per heavy atom. The summed E-state index contributed by atoms with van der Waals surface area (Å²) in [7, 11) is 0.